The lowest BCUT2D eigenvalue weighted by Crippen LogP contribution is -2.36. The maximum Gasteiger partial charge on any atom is 0.326 e. The van der Waals surface area contributed by atoms with Crippen molar-refractivity contribution in [1.82, 2.24) is 4.90 Å². The van der Waals surface area contributed by atoms with Crippen LogP contribution in [0.3, 0.4) is 0 Å². The van der Waals surface area contributed by atoms with Crippen molar-refractivity contribution < 1.29 is 24.0 Å². The van der Waals surface area contributed by atoms with Gasteiger partial charge in [0.15, 0.2) is 6.61 Å². The number of likely N-dealkylation sites (tertiary alicyclic amines) is 1. The fourth-order valence-electron chi connectivity index (χ4n) is 2.45. The number of carbonyl (C=O) groups excluding carboxylic acids is 3. The smallest absolute Gasteiger partial charge is 0.326 e. The number of hydrogen-bond acceptors (Lipinski definition) is 6. The van der Waals surface area contributed by atoms with Crippen molar-refractivity contribution in [2.24, 2.45) is 0 Å². The summed E-state index contributed by atoms with van der Waals surface area (Å²) in [5.41, 5.74) is 0.0763. The molecule has 1 fully saturated rings. The van der Waals surface area contributed by atoms with Gasteiger partial charge >= 0.3 is 5.97 Å². The first-order valence-electron chi connectivity index (χ1n) is 7.93. The molecule has 1 aromatic rings. The zero-order chi connectivity index (χ0) is 18.2. The number of carbonyl (C=O) groups is 3. The summed E-state index contributed by atoms with van der Waals surface area (Å²) in [6.07, 6.45) is 3.02. The topological polar surface area (TPSA) is 119 Å². The van der Waals surface area contributed by atoms with E-state index in [0.717, 1.165) is 19.3 Å². The number of non-ortho nitro benzene ring substituents is 1. The zero-order valence-corrected chi connectivity index (χ0v) is 13.6. The van der Waals surface area contributed by atoms with Crippen LogP contribution < -0.4 is 5.32 Å². The summed E-state index contributed by atoms with van der Waals surface area (Å²) in [7, 11) is 0. The second-order valence-electron chi connectivity index (χ2n) is 5.64. The minimum absolute atomic E-state index is 0.0875. The maximum atomic E-state index is 11.8. The molecule has 2 rings (SSSR count). The van der Waals surface area contributed by atoms with E-state index in [1.165, 1.54) is 29.2 Å². The predicted octanol–water partition coefficient (Wildman–Crippen LogP) is 1.48. The molecular weight excluding hydrogens is 330 g/mol. The lowest BCUT2D eigenvalue weighted by molar-refractivity contribution is -0.384. The van der Waals surface area contributed by atoms with Crippen LogP contribution in [0.2, 0.25) is 0 Å². The molecule has 134 valence electrons. The highest BCUT2D eigenvalue weighted by molar-refractivity contribution is 5.93. The summed E-state index contributed by atoms with van der Waals surface area (Å²) < 4.78 is 4.87. The van der Waals surface area contributed by atoms with Crippen LogP contribution in [-0.2, 0) is 19.1 Å². The zero-order valence-electron chi connectivity index (χ0n) is 13.6. The van der Waals surface area contributed by atoms with E-state index in [1.807, 2.05) is 0 Å². The van der Waals surface area contributed by atoms with Crippen molar-refractivity contribution in [3.63, 3.8) is 0 Å². The second kappa shape index (κ2) is 8.76. The van der Waals surface area contributed by atoms with E-state index in [9.17, 15) is 24.5 Å². The molecule has 1 heterocycles. The summed E-state index contributed by atoms with van der Waals surface area (Å²) in [6, 6.07) is 5.43. The van der Waals surface area contributed by atoms with Crippen LogP contribution in [0.25, 0.3) is 0 Å². The van der Waals surface area contributed by atoms with Crippen LogP contribution in [0.15, 0.2) is 24.3 Å². The van der Waals surface area contributed by atoms with E-state index >= 15 is 0 Å². The number of benzene rings is 1. The SMILES string of the molecule is O=C(COC(=O)CN1CCCCCC1=O)Nc1cccc([N+](=O)[O-])c1. The number of anilines is 1. The average Bonchev–Trinajstić information content (AvgIpc) is 2.78. The van der Waals surface area contributed by atoms with Gasteiger partial charge in [-0.05, 0) is 18.9 Å². The fourth-order valence-corrected chi connectivity index (χ4v) is 2.45. The van der Waals surface area contributed by atoms with Gasteiger partial charge in [-0.15, -0.1) is 0 Å². The lowest BCUT2D eigenvalue weighted by atomic mass is 10.2. The highest BCUT2D eigenvalue weighted by Gasteiger charge is 2.20. The number of nitrogens with one attached hydrogen (secondary N) is 1. The molecule has 25 heavy (non-hydrogen) atoms. The lowest BCUT2D eigenvalue weighted by Gasteiger charge is -2.19. The number of ether oxygens (including phenoxy) is 1. The summed E-state index contributed by atoms with van der Waals surface area (Å²) in [6.45, 7) is -0.194. The van der Waals surface area contributed by atoms with Crippen LogP contribution in [0, 0.1) is 10.1 Å². The molecule has 0 radical (unpaired) electrons. The minimum Gasteiger partial charge on any atom is -0.454 e. The minimum atomic E-state index is -0.663. The van der Waals surface area contributed by atoms with Gasteiger partial charge in [-0.2, -0.15) is 0 Å². The van der Waals surface area contributed by atoms with E-state index in [2.05, 4.69) is 5.32 Å². The summed E-state index contributed by atoms with van der Waals surface area (Å²) >= 11 is 0. The number of rotatable bonds is 6. The molecule has 1 aliphatic heterocycles. The van der Waals surface area contributed by atoms with Gasteiger partial charge in [0.2, 0.25) is 5.91 Å². The third-order valence-corrected chi connectivity index (χ3v) is 3.70. The van der Waals surface area contributed by atoms with E-state index in [4.69, 9.17) is 4.74 Å². The van der Waals surface area contributed by atoms with Gasteiger partial charge in [-0.1, -0.05) is 12.5 Å². The molecule has 0 aromatic heterocycles. The number of esters is 1. The van der Waals surface area contributed by atoms with Gasteiger partial charge in [0.25, 0.3) is 11.6 Å². The first-order valence-corrected chi connectivity index (χ1v) is 7.93. The molecule has 0 atom stereocenters. The number of nitro groups is 1. The standard InChI is InChI=1S/C16H19N3O6/c20-14(17-12-5-4-6-13(9-12)19(23)24)11-25-16(22)10-18-8-3-1-2-7-15(18)21/h4-6,9H,1-3,7-8,10-11H2,(H,17,20). The van der Waals surface area contributed by atoms with Crippen molar-refractivity contribution in [2.75, 3.05) is 25.0 Å². The normalized spacial score (nSPS) is 14.6. The number of nitro benzene ring substituents is 1. The van der Waals surface area contributed by atoms with Crippen LogP contribution in [0.5, 0.6) is 0 Å². The van der Waals surface area contributed by atoms with Crippen molar-refractivity contribution in [3.05, 3.63) is 34.4 Å². The van der Waals surface area contributed by atoms with Crippen LogP contribution in [0.1, 0.15) is 25.7 Å². The number of amides is 2. The third kappa shape index (κ3) is 5.87. The Morgan fingerprint density at radius 2 is 2.08 bits per heavy atom. The van der Waals surface area contributed by atoms with Gasteiger partial charge < -0.3 is 15.0 Å². The molecule has 0 bridgehead atoms. The van der Waals surface area contributed by atoms with Gasteiger partial charge in [0.05, 0.1) is 4.92 Å². The molecule has 9 nitrogen and oxygen atoms in total. The van der Waals surface area contributed by atoms with E-state index < -0.39 is 23.4 Å². The Hall–Kier alpha value is -2.97. The average molecular weight is 349 g/mol. The summed E-state index contributed by atoms with van der Waals surface area (Å²) in [5, 5.41) is 13.1. The molecule has 1 saturated heterocycles. The van der Waals surface area contributed by atoms with Crippen molar-refractivity contribution in [3.8, 4) is 0 Å². The number of hydrogen-bond donors (Lipinski definition) is 1. The van der Waals surface area contributed by atoms with Crippen molar-refractivity contribution in [1.29, 1.82) is 0 Å². The molecule has 1 aliphatic rings. The van der Waals surface area contributed by atoms with Gasteiger partial charge in [-0.3, -0.25) is 24.5 Å². The Morgan fingerprint density at radius 1 is 1.28 bits per heavy atom. The first-order chi connectivity index (χ1) is 12.0. The fraction of sp³-hybridized carbons (Fsp3) is 0.438. The monoisotopic (exact) mass is 349 g/mol. The van der Waals surface area contributed by atoms with Gasteiger partial charge in [-0.25, -0.2) is 0 Å². The Morgan fingerprint density at radius 3 is 2.84 bits per heavy atom. The third-order valence-electron chi connectivity index (χ3n) is 3.70. The molecule has 2 amide bonds. The van der Waals surface area contributed by atoms with E-state index in [1.54, 1.807) is 0 Å². The molecular formula is C16H19N3O6. The largest absolute Gasteiger partial charge is 0.454 e. The highest BCUT2D eigenvalue weighted by Crippen LogP contribution is 2.17. The molecule has 0 saturated carbocycles. The molecule has 1 N–H and O–H groups in total. The van der Waals surface area contributed by atoms with E-state index in [-0.39, 0.29) is 23.8 Å². The first kappa shape index (κ1) is 18.4. The Balaban J connectivity index is 1.79. The van der Waals surface area contributed by atoms with Crippen molar-refractivity contribution in [2.45, 2.75) is 25.7 Å². The summed E-state index contributed by atoms with van der Waals surface area (Å²) in [4.78, 5) is 46.9. The molecule has 0 unspecified atom stereocenters. The maximum absolute atomic E-state index is 11.8. The predicted molar refractivity (Wildman–Crippen MR) is 87.7 cm³/mol. The van der Waals surface area contributed by atoms with Crippen molar-refractivity contribution >= 4 is 29.2 Å². The number of nitrogens with zero attached hydrogens (tertiary/aromatic N) is 2. The Bertz CT molecular complexity index is 676. The van der Waals surface area contributed by atoms with Crippen LogP contribution in [0.4, 0.5) is 11.4 Å². The quantitative estimate of drug-likeness (QED) is 0.472. The van der Waals surface area contributed by atoms with Gasteiger partial charge in [0.1, 0.15) is 6.54 Å². The van der Waals surface area contributed by atoms with Crippen LogP contribution in [-0.4, -0.2) is 47.3 Å². The van der Waals surface area contributed by atoms with Crippen LogP contribution >= 0.6 is 0 Å². The van der Waals surface area contributed by atoms with E-state index in [0.29, 0.717) is 13.0 Å². The second-order valence-corrected chi connectivity index (χ2v) is 5.64. The molecule has 0 aliphatic carbocycles. The highest BCUT2D eigenvalue weighted by atomic mass is 16.6. The molecule has 0 spiro atoms. The Labute approximate surface area is 144 Å². The molecule has 1 aromatic carbocycles. The summed E-state index contributed by atoms with van der Waals surface area (Å²) in [5.74, 6) is -1.36. The van der Waals surface area contributed by atoms with Gasteiger partial charge in [0, 0.05) is 30.8 Å². The Kier molecular flexibility index (Phi) is 6.44. The molecule has 9 heteroatoms.